The van der Waals surface area contributed by atoms with Crippen molar-refractivity contribution >= 4 is 11.6 Å². The fourth-order valence-electron chi connectivity index (χ4n) is 0.689. The Hall–Kier alpha value is 0.0300. The van der Waals surface area contributed by atoms with Crippen LogP contribution in [-0.4, -0.2) is 5.88 Å². The SMILES string of the molecule is CCCC/C(C)=C/CCl. The lowest BCUT2D eigenvalue weighted by molar-refractivity contribution is 0.786. The fraction of sp³-hybridized carbons (Fsp3) is 0.750. The second kappa shape index (κ2) is 6.15. The van der Waals surface area contributed by atoms with Crippen LogP contribution in [-0.2, 0) is 0 Å². The van der Waals surface area contributed by atoms with Crippen LogP contribution in [0.25, 0.3) is 0 Å². The lowest BCUT2D eigenvalue weighted by Gasteiger charge is -1.95. The summed E-state index contributed by atoms with van der Waals surface area (Å²) in [5.41, 5.74) is 1.42. The van der Waals surface area contributed by atoms with Crippen LogP contribution in [0.2, 0.25) is 0 Å². The van der Waals surface area contributed by atoms with Gasteiger partial charge in [-0.05, 0) is 19.8 Å². The first-order valence-electron chi connectivity index (χ1n) is 3.52. The number of halogens is 1. The molecule has 0 aliphatic rings. The van der Waals surface area contributed by atoms with Crippen LogP contribution in [0.15, 0.2) is 11.6 Å². The van der Waals surface area contributed by atoms with Crippen molar-refractivity contribution in [3.8, 4) is 0 Å². The van der Waals surface area contributed by atoms with Gasteiger partial charge in [0.05, 0.1) is 0 Å². The molecular formula is C8H15Cl. The van der Waals surface area contributed by atoms with Gasteiger partial charge in [0.25, 0.3) is 0 Å². The predicted octanol–water partition coefficient (Wildman–Crippen LogP) is 3.36. The number of unbranched alkanes of at least 4 members (excludes halogenated alkanes) is 1. The van der Waals surface area contributed by atoms with Crippen LogP contribution in [0.3, 0.4) is 0 Å². The van der Waals surface area contributed by atoms with Crippen LogP contribution in [0.1, 0.15) is 33.1 Å². The van der Waals surface area contributed by atoms with Gasteiger partial charge in [0.15, 0.2) is 0 Å². The Labute approximate surface area is 62.9 Å². The first-order chi connectivity index (χ1) is 4.31. The van der Waals surface area contributed by atoms with E-state index >= 15 is 0 Å². The summed E-state index contributed by atoms with van der Waals surface area (Å²) in [6, 6.07) is 0. The molecule has 0 spiro atoms. The Morgan fingerprint density at radius 2 is 2.22 bits per heavy atom. The van der Waals surface area contributed by atoms with Gasteiger partial charge in [0, 0.05) is 5.88 Å². The largest absolute Gasteiger partial charge is 0.122 e. The van der Waals surface area contributed by atoms with Gasteiger partial charge in [-0.3, -0.25) is 0 Å². The maximum absolute atomic E-state index is 5.50. The highest BCUT2D eigenvalue weighted by Gasteiger charge is 1.86. The highest BCUT2D eigenvalue weighted by atomic mass is 35.5. The van der Waals surface area contributed by atoms with Gasteiger partial charge < -0.3 is 0 Å². The molecule has 0 bridgehead atoms. The molecule has 0 fully saturated rings. The summed E-state index contributed by atoms with van der Waals surface area (Å²) in [4.78, 5) is 0. The summed E-state index contributed by atoms with van der Waals surface area (Å²) in [5.74, 6) is 0.662. The molecule has 0 atom stereocenters. The fourth-order valence-corrected chi connectivity index (χ4v) is 0.953. The topological polar surface area (TPSA) is 0 Å². The lowest BCUT2D eigenvalue weighted by atomic mass is 10.1. The molecule has 0 saturated heterocycles. The van der Waals surface area contributed by atoms with Gasteiger partial charge in [-0.25, -0.2) is 0 Å². The normalized spacial score (nSPS) is 12.1. The van der Waals surface area contributed by atoms with E-state index in [0.29, 0.717) is 5.88 Å². The molecular weight excluding hydrogens is 132 g/mol. The molecule has 0 rings (SSSR count). The molecule has 54 valence electrons. The standard InChI is InChI=1S/C8H15Cl/c1-3-4-5-8(2)6-7-9/h6H,3-5,7H2,1-2H3/b8-6+. The van der Waals surface area contributed by atoms with Gasteiger partial charge in [0.2, 0.25) is 0 Å². The van der Waals surface area contributed by atoms with Gasteiger partial charge in [-0.1, -0.05) is 25.0 Å². The van der Waals surface area contributed by atoms with Crippen LogP contribution in [0.4, 0.5) is 0 Å². The van der Waals surface area contributed by atoms with E-state index in [1.165, 1.54) is 24.8 Å². The van der Waals surface area contributed by atoms with E-state index in [-0.39, 0.29) is 0 Å². The Balaban J connectivity index is 3.25. The molecule has 1 heteroatoms. The van der Waals surface area contributed by atoms with Crippen LogP contribution >= 0.6 is 11.6 Å². The van der Waals surface area contributed by atoms with Crippen LogP contribution < -0.4 is 0 Å². The third kappa shape index (κ3) is 5.91. The van der Waals surface area contributed by atoms with E-state index in [4.69, 9.17) is 11.6 Å². The molecule has 0 aromatic heterocycles. The quantitative estimate of drug-likeness (QED) is 0.422. The maximum Gasteiger partial charge on any atom is 0.0406 e. The molecule has 0 heterocycles. The lowest BCUT2D eigenvalue weighted by Crippen LogP contribution is -1.77. The van der Waals surface area contributed by atoms with Crippen LogP contribution in [0.5, 0.6) is 0 Å². The summed E-state index contributed by atoms with van der Waals surface area (Å²) in [6.45, 7) is 4.34. The second-order valence-corrected chi connectivity index (χ2v) is 2.62. The summed E-state index contributed by atoms with van der Waals surface area (Å²) >= 11 is 5.50. The van der Waals surface area contributed by atoms with E-state index in [2.05, 4.69) is 19.9 Å². The minimum Gasteiger partial charge on any atom is -0.122 e. The van der Waals surface area contributed by atoms with E-state index in [0.717, 1.165) is 0 Å². The smallest absolute Gasteiger partial charge is 0.0406 e. The molecule has 0 aliphatic carbocycles. The zero-order valence-corrected chi connectivity index (χ0v) is 7.04. The van der Waals surface area contributed by atoms with Crippen molar-refractivity contribution in [1.29, 1.82) is 0 Å². The molecule has 0 aliphatic heterocycles. The molecule has 0 aromatic carbocycles. The summed E-state index contributed by atoms with van der Waals surface area (Å²) in [7, 11) is 0. The number of hydrogen-bond acceptors (Lipinski definition) is 0. The first kappa shape index (κ1) is 9.03. The number of rotatable bonds is 4. The Kier molecular flexibility index (Phi) is 6.18. The van der Waals surface area contributed by atoms with Gasteiger partial charge in [-0.2, -0.15) is 0 Å². The van der Waals surface area contributed by atoms with Crippen LogP contribution in [0, 0.1) is 0 Å². The minimum absolute atomic E-state index is 0.662. The van der Waals surface area contributed by atoms with Crippen molar-refractivity contribution in [1.82, 2.24) is 0 Å². The van der Waals surface area contributed by atoms with Crippen molar-refractivity contribution in [3.63, 3.8) is 0 Å². The maximum atomic E-state index is 5.50. The van der Waals surface area contributed by atoms with E-state index in [9.17, 15) is 0 Å². The second-order valence-electron chi connectivity index (χ2n) is 2.31. The van der Waals surface area contributed by atoms with Crippen molar-refractivity contribution in [2.75, 3.05) is 5.88 Å². The molecule has 0 nitrogen and oxygen atoms in total. The van der Waals surface area contributed by atoms with Gasteiger partial charge in [-0.15, -0.1) is 11.6 Å². The molecule has 0 unspecified atom stereocenters. The highest BCUT2D eigenvalue weighted by Crippen LogP contribution is 2.05. The highest BCUT2D eigenvalue weighted by molar-refractivity contribution is 6.18. The Morgan fingerprint density at radius 1 is 1.56 bits per heavy atom. The monoisotopic (exact) mass is 146 g/mol. The Morgan fingerprint density at radius 3 is 2.67 bits per heavy atom. The summed E-state index contributed by atoms with van der Waals surface area (Å²) in [5, 5.41) is 0. The molecule has 0 saturated carbocycles. The van der Waals surface area contributed by atoms with E-state index in [1.54, 1.807) is 0 Å². The number of allylic oxidation sites excluding steroid dienone is 2. The molecule has 0 N–H and O–H groups in total. The zero-order valence-electron chi connectivity index (χ0n) is 6.28. The molecule has 0 amide bonds. The van der Waals surface area contributed by atoms with Crippen molar-refractivity contribution in [3.05, 3.63) is 11.6 Å². The summed E-state index contributed by atoms with van der Waals surface area (Å²) in [6.07, 6.45) is 5.85. The van der Waals surface area contributed by atoms with Crippen molar-refractivity contribution < 1.29 is 0 Å². The Bertz CT molecular complexity index is 84.6. The molecule has 9 heavy (non-hydrogen) atoms. The average Bonchev–Trinajstić information content (AvgIpc) is 1.85. The zero-order chi connectivity index (χ0) is 7.11. The predicted molar refractivity (Wildman–Crippen MR) is 44.0 cm³/mol. The molecule has 0 aromatic rings. The van der Waals surface area contributed by atoms with Gasteiger partial charge in [0.1, 0.15) is 0 Å². The summed E-state index contributed by atoms with van der Waals surface area (Å²) < 4.78 is 0. The average molecular weight is 147 g/mol. The van der Waals surface area contributed by atoms with Crippen molar-refractivity contribution in [2.45, 2.75) is 33.1 Å². The number of hydrogen-bond donors (Lipinski definition) is 0. The minimum atomic E-state index is 0.662. The third-order valence-corrected chi connectivity index (χ3v) is 1.50. The first-order valence-corrected chi connectivity index (χ1v) is 4.06. The third-order valence-electron chi connectivity index (χ3n) is 1.35. The van der Waals surface area contributed by atoms with E-state index in [1.807, 2.05) is 0 Å². The molecule has 0 radical (unpaired) electrons. The van der Waals surface area contributed by atoms with E-state index < -0.39 is 0 Å². The number of alkyl halides is 1. The van der Waals surface area contributed by atoms with Gasteiger partial charge >= 0.3 is 0 Å². The van der Waals surface area contributed by atoms with Crippen molar-refractivity contribution in [2.24, 2.45) is 0 Å².